The van der Waals surface area contributed by atoms with Gasteiger partial charge in [0.15, 0.2) is 5.78 Å². The highest BCUT2D eigenvalue weighted by atomic mass is 16.3. The number of nitrogens with zero attached hydrogens (tertiary/aromatic N) is 1. The number of carbonyl (C=O) groups excluding carboxylic acids is 1. The van der Waals surface area contributed by atoms with Gasteiger partial charge in [0.2, 0.25) is 0 Å². The predicted molar refractivity (Wildman–Crippen MR) is 81.1 cm³/mol. The molecule has 1 saturated heterocycles. The molecule has 1 N–H and O–H groups in total. The molecule has 0 aliphatic carbocycles. The van der Waals surface area contributed by atoms with Crippen molar-refractivity contribution in [1.29, 1.82) is 0 Å². The van der Waals surface area contributed by atoms with Gasteiger partial charge in [0, 0.05) is 23.7 Å². The van der Waals surface area contributed by atoms with E-state index in [0.717, 1.165) is 18.7 Å². The average Bonchev–Trinajstić information content (AvgIpc) is 2.43. The maximum absolute atomic E-state index is 11.5. The van der Waals surface area contributed by atoms with Crippen LogP contribution in [0.5, 0.6) is 5.75 Å². The molecule has 0 bridgehead atoms. The maximum Gasteiger partial charge on any atom is 0.159 e. The second-order valence-corrected chi connectivity index (χ2v) is 5.81. The van der Waals surface area contributed by atoms with Crippen molar-refractivity contribution in [3.8, 4) is 5.75 Å². The van der Waals surface area contributed by atoms with Crippen LogP contribution in [0.15, 0.2) is 18.2 Å². The van der Waals surface area contributed by atoms with Crippen LogP contribution in [0, 0.1) is 0 Å². The number of hydrogen-bond acceptors (Lipinski definition) is 3. The van der Waals surface area contributed by atoms with Gasteiger partial charge in [-0.05, 0) is 50.9 Å². The van der Waals surface area contributed by atoms with Gasteiger partial charge >= 0.3 is 0 Å². The Balaban J connectivity index is 2.14. The Morgan fingerprint density at radius 1 is 1.40 bits per heavy atom. The van der Waals surface area contributed by atoms with Crippen LogP contribution in [-0.2, 0) is 6.54 Å². The molecular weight excluding hydrogens is 250 g/mol. The van der Waals surface area contributed by atoms with Crippen LogP contribution in [0.4, 0.5) is 0 Å². The number of carbonyl (C=O) groups is 1. The van der Waals surface area contributed by atoms with Gasteiger partial charge in [0.1, 0.15) is 5.75 Å². The van der Waals surface area contributed by atoms with E-state index in [0.29, 0.717) is 17.4 Å². The molecule has 20 heavy (non-hydrogen) atoms. The summed E-state index contributed by atoms with van der Waals surface area (Å²) in [5.74, 6) is 0.353. The van der Waals surface area contributed by atoms with Gasteiger partial charge in [-0.1, -0.05) is 19.8 Å². The van der Waals surface area contributed by atoms with Crippen molar-refractivity contribution in [2.75, 3.05) is 6.54 Å². The van der Waals surface area contributed by atoms with Crippen molar-refractivity contribution in [3.05, 3.63) is 29.3 Å². The minimum atomic E-state index is 0.0509. The van der Waals surface area contributed by atoms with Crippen LogP contribution in [0.1, 0.15) is 61.9 Å². The van der Waals surface area contributed by atoms with Crippen LogP contribution in [0.2, 0.25) is 0 Å². The minimum Gasteiger partial charge on any atom is -0.508 e. The number of Topliss-reactive ketones (excluding diaryl/α,β-unsaturated/α-hetero) is 1. The topological polar surface area (TPSA) is 40.5 Å². The minimum absolute atomic E-state index is 0.0509. The Morgan fingerprint density at radius 3 is 2.90 bits per heavy atom. The number of aromatic hydroxyl groups is 1. The van der Waals surface area contributed by atoms with Crippen LogP contribution in [0.3, 0.4) is 0 Å². The maximum atomic E-state index is 11.5. The Labute approximate surface area is 121 Å². The molecule has 2 rings (SSSR count). The first-order valence-corrected chi connectivity index (χ1v) is 7.68. The zero-order chi connectivity index (χ0) is 14.5. The van der Waals surface area contributed by atoms with Crippen molar-refractivity contribution < 1.29 is 9.90 Å². The number of hydrogen-bond donors (Lipinski definition) is 1. The summed E-state index contributed by atoms with van der Waals surface area (Å²) in [6.07, 6.45) is 6.20. The lowest BCUT2D eigenvalue weighted by Crippen LogP contribution is -2.38. The predicted octanol–water partition coefficient (Wildman–Crippen LogP) is 3.75. The molecule has 110 valence electrons. The van der Waals surface area contributed by atoms with Gasteiger partial charge in [-0.15, -0.1) is 0 Å². The van der Waals surface area contributed by atoms with Crippen LogP contribution in [0.25, 0.3) is 0 Å². The molecule has 1 heterocycles. The van der Waals surface area contributed by atoms with Gasteiger partial charge < -0.3 is 5.11 Å². The second-order valence-electron chi connectivity index (χ2n) is 5.81. The van der Waals surface area contributed by atoms with Crippen molar-refractivity contribution in [1.82, 2.24) is 4.90 Å². The molecule has 1 aliphatic rings. The molecule has 1 aromatic rings. The molecule has 1 unspecified atom stereocenters. The molecule has 3 heteroatoms. The molecule has 0 amide bonds. The standard InChI is InChI=1S/C17H25NO2/c1-3-6-16-7-4-5-10-18(16)12-15-11-14(13(2)19)8-9-17(15)20/h8-9,11,16,20H,3-7,10,12H2,1-2H3. The fourth-order valence-corrected chi connectivity index (χ4v) is 3.08. The van der Waals surface area contributed by atoms with E-state index < -0.39 is 0 Å². The molecule has 1 aromatic carbocycles. The lowest BCUT2D eigenvalue weighted by molar-refractivity contribution is 0.101. The van der Waals surface area contributed by atoms with Crippen molar-refractivity contribution in [2.24, 2.45) is 0 Å². The first-order chi connectivity index (χ1) is 9.61. The molecule has 1 aliphatic heterocycles. The van der Waals surface area contributed by atoms with E-state index >= 15 is 0 Å². The van der Waals surface area contributed by atoms with E-state index in [4.69, 9.17) is 0 Å². The third-order valence-electron chi connectivity index (χ3n) is 4.23. The van der Waals surface area contributed by atoms with Gasteiger partial charge in [0.25, 0.3) is 0 Å². The molecule has 1 atom stereocenters. The molecule has 3 nitrogen and oxygen atoms in total. The lowest BCUT2D eigenvalue weighted by Gasteiger charge is -2.36. The summed E-state index contributed by atoms with van der Waals surface area (Å²) in [5.41, 5.74) is 1.56. The zero-order valence-corrected chi connectivity index (χ0v) is 12.6. The molecule has 0 aromatic heterocycles. The highest BCUT2D eigenvalue weighted by Crippen LogP contribution is 2.26. The number of benzene rings is 1. The summed E-state index contributed by atoms with van der Waals surface area (Å²) in [6, 6.07) is 5.80. The van der Waals surface area contributed by atoms with Crippen LogP contribution >= 0.6 is 0 Å². The van der Waals surface area contributed by atoms with Gasteiger partial charge in [0.05, 0.1) is 0 Å². The Bertz CT molecular complexity index is 468. The third-order valence-corrected chi connectivity index (χ3v) is 4.23. The van der Waals surface area contributed by atoms with Crippen molar-refractivity contribution in [3.63, 3.8) is 0 Å². The van der Waals surface area contributed by atoms with Crippen molar-refractivity contribution in [2.45, 2.75) is 58.5 Å². The van der Waals surface area contributed by atoms with E-state index in [1.54, 1.807) is 19.1 Å². The number of piperidine rings is 1. The fraction of sp³-hybridized carbons (Fsp3) is 0.588. The number of likely N-dealkylation sites (tertiary alicyclic amines) is 1. The molecule has 0 saturated carbocycles. The summed E-state index contributed by atoms with van der Waals surface area (Å²) in [7, 11) is 0. The Morgan fingerprint density at radius 2 is 2.20 bits per heavy atom. The summed E-state index contributed by atoms with van der Waals surface area (Å²) in [4.78, 5) is 13.9. The normalized spacial score (nSPS) is 20.0. The summed E-state index contributed by atoms with van der Waals surface area (Å²) in [6.45, 7) is 5.63. The van der Waals surface area contributed by atoms with E-state index in [1.165, 1.54) is 32.1 Å². The number of phenolic OH excluding ortho intramolecular Hbond substituents is 1. The van der Waals surface area contributed by atoms with E-state index in [2.05, 4.69) is 11.8 Å². The molecule has 0 spiro atoms. The zero-order valence-electron chi connectivity index (χ0n) is 12.6. The number of rotatable bonds is 5. The number of phenols is 1. The summed E-state index contributed by atoms with van der Waals surface area (Å²) < 4.78 is 0. The van der Waals surface area contributed by atoms with Gasteiger partial charge in [-0.25, -0.2) is 0 Å². The fourth-order valence-electron chi connectivity index (χ4n) is 3.08. The third kappa shape index (κ3) is 3.60. The van der Waals surface area contributed by atoms with E-state index in [-0.39, 0.29) is 5.78 Å². The Kier molecular flexibility index (Phi) is 5.18. The molecule has 1 fully saturated rings. The first-order valence-electron chi connectivity index (χ1n) is 7.68. The van der Waals surface area contributed by atoms with E-state index in [1.807, 2.05) is 6.07 Å². The van der Waals surface area contributed by atoms with Crippen LogP contribution in [-0.4, -0.2) is 28.4 Å². The van der Waals surface area contributed by atoms with E-state index in [9.17, 15) is 9.90 Å². The highest BCUT2D eigenvalue weighted by Gasteiger charge is 2.22. The molecule has 0 radical (unpaired) electrons. The monoisotopic (exact) mass is 275 g/mol. The van der Waals surface area contributed by atoms with Gasteiger partial charge in [-0.2, -0.15) is 0 Å². The summed E-state index contributed by atoms with van der Waals surface area (Å²) >= 11 is 0. The lowest BCUT2D eigenvalue weighted by atomic mass is 9.97. The van der Waals surface area contributed by atoms with Crippen LogP contribution < -0.4 is 0 Å². The Hall–Kier alpha value is -1.35. The quantitative estimate of drug-likeness (QED) is 0.832. The summed E-state index contributed by atoms with van der Waals surface area (Å²) in [5, 5.41) is 10.0. The average molecular weight is 275 g/mol. The first kappa shape index (κ1) is 15.0. The van der Waals surface area contributed by atoms with Gasteiger partial charge in [-0.3, -0.25) is 9.69 Å². The second kappa shape index (κ2) is 6.89. The molecular formula is C17H25NO2. The SMILES string of the molecule is CCCC1CCCCN1Cc1cc(C(C)=O)ccc1O. The van der Waals surface area contributed by atoms with Crippen molar-refractivity contribution >= 4 is 5.78 Å². The number of ketones is 1. The highest BCUT2D eigenvalue weighted by molar-refractivity contribution is 5.94. The smallest absolute Gasteiger partial charge is 0.159 e. The largest absolute Gasteiger partial charge is 0.508 e.